The van der Waals surface area contributed by atoms with E-state index in [1.54, 1.807) is 19.1 Å². The highest BCUT2D eigenvalue weighted by atomic mass is 35.5. The molecule has 1 amide bonds. The van der Waals surface area contributed by atoms with E-state index in [4.69, 9.17) is 21.1 Å². The molecule has 10 heteroatoms. The molecule has 0 aliphatic heterocycles. The first-order chi connectivity index (χ1) is 13.8. The number of amides is 1. The molecule has 1 aromatic heterocycles. The van der Waals surface area contributed by atoms with Crippen molar-refractivity contribution >= 4 is 23.7 Å². The van der Waals surface area contributed by atoms with Crippen molar-refractivity contribution in [1.29, 1.82) is 0 Å². The minimum atomic E-state index is -0.578. The smallest absolute Gasteiger partial charge is 0.325 e. The minimum Gasteiger partial charge on any atom is -0.490 e. The maximum absolute atomic E-state index is 12.0. The minimum absolute atomic E-state index is 0.0293. The molecule has 0 saturated carbocycles. The lowest BCUT2D eigenvalue weighted by atomic mass is 10.1. The number of aromatic amines is 2. The van der Waals surface area contributed by atoms with Gasteiger partial charge in [-0.15, -0.1) is 0 Å². The zero-order valence-corrected chi connectivity index (χ0v) is 17.2. The van der Waals surface area contributed by atoms with Crippen LogP contribution in [0.15, 0.2) is 26.8 Å². The second kappa shape index (κ2) is 10.5. The summed E-state index contributed by atoms with van der Waals surface area (Å²) in [6, 6.07) is 3.35. The maximum Gasteiger partial charge on any atom is 0.325 e. The van der Waals surface area contributed by atoms with E-state index in [1.165, 1.54) is 6.21 Å². The Morgan fingerprint density at radius 1 is 1.21 bits per heavy atom. The van der Waals surface area contributed by atoms with Gasteiger partial charge in [0.2, 0.25) is 5.91 Å². The number of hydrogen-bond acceptors (Lipinski definition) is 6. The lowest BCUT2D eigenvalue weighted by Crippen LogP contribution is -2.28. The Bertz CT molecular complexity index is 1010. The number of nitrogens with zero attached hydrogens (tertiary/aromatic N) is 1. The number of benzene rings is 1. The third-order valence-electron chi connectivity index (χ3n) is 3.88. The molecule has 9 nitrogen and oxygen atoms in total. The van der Waals surface area contributed by atoms with Crippen molar-refractivity contribution in [2.45, 2.75) is 33.6 Å². The lowest BCUT2D eigenvalue weighted by molar-refractivity contribution is -0.121. The Hall–Kier alpha value is -3.07. The monoisotopic (exact) mass is 422 g/mol. The summed E-state index contributed by atoms with van der Waals surface area (Å²) in [6.07, 6.45) is 1.63. The third-order valence-corrected chi connectivity index (χ3v) is 4.16. The number of hydrazone groups is 1. The summed E-state index contributed by atoms with van der Waals surface area (Å²) < 4.78 is 11.0. The molecule has 0 aliphatic carbocycles. The fourth-order valence-corrected chi connectivity index (χ4v) is 2.88. The van der Waals surface area contributed by atoms with Crippen molar-refractivity contribution in [1.82, 2.24) is 15.4 Å². The van der Waals surface area contributed by atoms with Crippen LogP contribution < -0.4 is 26.1 Å². The molecule has 0 aliphatic rings. The molecule has 2 aromatic rings. The molecule has 0 unspecified atom stereocenters. The highest BCUT2D eigenvalue weighted by Crippen LogP contribution is 2.36. The lowest BCUT2D eigenvalue weighted by Gasteiger charge is -2.13. The van der Waals surface area contributed by atoms with Gasteiger partial charge in [-0.3, -0.25) is 14.6 Å². The van der Waals surface area contributed by atoms with E-state index in [9.17, 15) is 14.4 Å². The SMILES string of the molecule is CCOc1cc(/C=N/NC(=O)CCc2c(C)[nH]c(=O)[nH]c2=O)cc(Cl)c1OCC. The van der Waals surface area contributed by atoms with Crippen molar-refractivity contribution in [2.24, 2.45) is 5.10 Å². The number of H-pyrrole nitrogens is 2. The first-order valence-electron chi connectivity index (χ1n) is 9.08. The zero-order valence-electron chi connectivity index (χ0n) is 16.4. The largest absolute Gasteiger partial charge is 0.490 e. The van der Waals surface area contributed by atoms with E-state index in [-0.39, 0.29) is 18.7 Å². The van der Waals surface area contributed by atoms with Crippen LogP contribution >= 0.6 is 11.6 Å². The van der Waals surface area contributed by atoms with Gasteiger partial charge in [0, 0.05) is 17.7 Å². The Labute approximate surface area is 172 Å². The summed E-state index contributed by atoms with van der Waals surface area (Å²) in [5, 5.41) is 4.28. The van der Waals surface area contributed by atoms with Crippen LogP contribution in [0.25, 0.3) is 0 Å². The first kappa shape index (κ1) is 22.2. The van der Waals surface area contributed by atoms with Gasteiger partial charge in [0.05, 0.1) is 24.5 Å². The predicted octanol–water partition coefficient (Wildman–Crippen LogP) is 1.91. The van der Waals surface area contributed by atoms with Gasteiger partial charge >= 0.3 is 5.69 Å². The summed E-state index contributed by atoms with van der Waals surface area (Å²) in [7, 11) is 0. The molecule has 0 bridgehead atoms. The second-order valence-corrected chi connectivity index (χ2v) is 6.41. The van der Waals surface area contributed by atoms with Gasteiger partial charge in [-0.05, 0) is 44.9 Å². The number of aryl methyl sites for hydroxylation is 1. The van der Waals surface area contributed by atoms with Crippen molar-refractivity contribution < 1.29 is 14.3 Å². The summed E-state index contributed by atoms with van der Waals surface area (Å²) in [6.45, 7) is 6.19. The first-order valence-corrected chi connectivity index (χ1v) is 9.46. The molecule has 156 valence electrons. The molecule has 0 fully saturated rings. The van der Waals surface area contributed by atoms with E-state index in [0.717, 1.165) is 0 Å². The highest BCUT2D eigenvalue weighted by molar-refractivity contribution is 6.32. The summed E-state index contributed by atoms with van der Waals surface area (Å²) >= 11 is 6.24. The standard InChI is InChI=1S/C19H23ClN4O5/c1-4-28-15-9-12(8-14(20)17(15)29-5-2)10-21-24-16(25)7-6-13-11(3)22-19(27)23-18(13)26/h8-10H,4-7H2,1-3H3,(H,24,25)(H2,22,23,26,27)/b21-10+. The number of rotatable bonds is 9. The Kier molecular flexibility index (Phi) is 8.02. The fourth-order valence-electron chi connectivity index (χ4n) is 2.61. The highest BCUT2D eigenvalue weighted by Gasteiger charge is 2.12. The van der Waals surface area contributed by atoms with Crippen molar-refractivity contribution in [3.05, 3.63) is 54.8 Å². The third kappa shape index (κ3) is 6.21. The van der Waals surface area contributed by atoms with E-state index in [2.05, 4.69) is 20.5 Å². The average molecular weight is 423 g/mol. The van der Waals surface area contributed by atoms with Crippen molar-refractivity contribution in [3.63, 3.8) is 0 Å². The number of halogens is 1. The number of carbonyl (C=O) groups is 1. The molecule has 3 N–H and O–H groups in total. The number of hydrogen-bond donors (Lipinski definition) is 3. The van der Waals surface area contributed by atoms with Gasteiger partial charge in [0.1, 0.15) is 0 Å². The van der Waals surface area contributed by atoms with Gasteiger partial charge in [-0.2, -0.15) is 5.10 Å². The molecule has 0 spiro atoms. The van der Waals surface area contributed by atoms with E-state index >= 15 is 0 Å². The van der Waals surface area contributed by atoms with Crippen LogP contribution in [0.5, 0.6) is 11.5 Å². The quantitative estimate of drug-likeness (QED) is 0.420. The van der Waals surface area contributed by atoms with E-state index in [0.29, 0.717) is 46.6 Å². The molecular formula is C19H23ClN4O5. The van der Waals surface area contributed by atoms with Crippen molar-refractivity contribution in [2.75, 3.05) is 13.2 Å². The number of carbonyl (C=O) groups excluding carboxylic acids is 1. The van der Waals surface area contributed by atoms with Crippen molar-refractivity contribution in [3.8, 4) is 11.5 Å². The van der Waals surface area contributed by atoms with Crippen LogP contribution in [0.2, 0.25) is 5.02 Å². The molecule has 29 heavy (non-hydrogen) atoms. The van der Waals surface area contributed by atoms with Gasteiger partial charge in [-0.25, -0.2) is 10.2 Å². The van der Waals surface area contributed by atoms with Crippen LogP contribution in [0.3, 0.4) is 0 Å². The molecule has 0 saturated heterocycles. The summed E-state index contributed by atoms with van der Waals surface area (Å²) in [5.41, 5.74) is 2.71. The number of aromatic nitrogens is 2. The summed E-state index contributed by atoms with van der Waals surface area (Å²) in [4.78, 5) is 39.6. The van der Waals surface area contributed by atoms with E-state index in [1.807, 2.05) is 13.8 Å². The number of nitrogens with one attached hydrogen (secondary N) is 3. The molecular weight excluding hydrogens is 400 g/mol. The molecule has 1 heterocycles. The fraction of sp³-hybridized carbons (Fsp3) is 0.368. The number of ether oxygens (including phenoxy) is 2. The van der Waals surface area contributed by atoms with E-state index < -0.39 is 11.2 Å². The Morgan fingerprint density at radius 2 is 1.93 bits per heavy atom. The van der Waals surface area contributed by atoms with Crippen LogP contribution in [0.4, 0.5) is 0 Å². The van der Waals surface area contributed by atoms with Crippen LogP contribution in [-0.2, 0) is 11.2 Å². The molecule has 2 rings (SSSR count). The van der Waals surface area contributed by atoms with Gasteiger partial charge in [0.25, 0.3) is 5.56 Å². The van der Waals surface area contributed by atoms with Crippen LogP contribution in [0, 0.1) is 6.92 Å². The Balaban J connectivity index is 2.01. The normalized spacial score (nSPS) is 10.9. The van der Waals surface area contributed by atoms with Gasteiger partial charge < -0.3 is 14.5 Å². The molecule has 1 aromatic carbocycles. The zero-order chi connectivity index (χ0) is 21.4. The maximum atomic E-state index is 12.0. The van der Waals surface area contributed by atoms with Gasteiger partial charge in [-0.1, -0.05) is 11.6 Å². The predicted molar refractivity (Wildman–Crippen MR) is 110 cm³/mol. The second-order valence-electron chi connectivity index (χ2n) is 6.00. The van der Waals surface area contributed by atoms with Crippen LogP contribution in [0.1, 0.15) is 37.1 Å². The Morgan fingerprint density at radius 3 is 2.59 bits per heavy atom. The molecule has 0 radical (unpaired) electrons. The average Bonchev–Trinajstić information content (AvgIpc) is 2.64. The topological polar surface area (TPSA) is 126 Å². The van der Waals surface area contributed by atoms with Crippen LogP contribution in [-0.4, -0.2) is 35.3 Å². The summed E-state index contributed by atoms with van der Waals surface area (Å²) in [5.74, 6) is 0.564. The molecule has 0 atom stereocenters. The van der Waals surface area contributed by atoms with Gasteiger partial charge in [0.15, 0.2) is 11.5 Å².